The Labute approximate surface area is 205 Å². The number of benzene rings is 3. The van der Waals surface area contributed by atoms with Crippen LogP contribution in [0.4, 0.5) is 10.1 Å². The van der Waals surface area contributed by atoms with E-state index in [0.717, 1.165) is 0 Å². The van der Waals surface area contributed by atoms with Crippen LogP contribution < -0.4 is 10.1 Å². The van der Waals surface area contributed by atoms with Crippen molar-refractivity contribution in [2.75, 3.05) is 12.4 Å². The number of hydrogen-bond donors (Lipinski definition) is 1. The van der Waals surface area contributed by atoms with Gasteiger partial charge in [0, 0.05) is 16.3 Å². The summed E-state index contributed by atoms with van der Waals surface area (Å²) in [6.07, 6.45) is 1.30. The normalized spacial score (nSPS) is 10.9. The van der Waals surface area contributed by atoms with Crippen LogP contribution in [0.3, 0.4) is 0 Å². The van der Waals surface area contributed by atoms with E-state index in [4.69, 9.17) is 27.9 Å². The van der Waals surface area contributed by atoms with Gasteiger partial charge in [-0.05, 0) is 60.2 Å². The molecule has 0 spiro atoms. The zero-order chi connectivity index (χ0) is 24.7. The molecule has 6 nitrogen and oxygen atoms in total. The minimum absolute atomic E-state index is 0.0725. The number of esters is 1. The SMILES string of the molecule is COC(=O)c1ccc(NC(=O)/C(C#N)=C/c2cc(Cl)cc(Cl)c2OCc2ccc(F)cc2)cc1. The highest BCUT2D eigenvalue weighted by Crippen LogP contribution is 2.34. The molecule has 0 saturated heterocycles. The number of nitrogens with one attached hydrogen (secondary N) is 1. The van der Waals surface area contributed by atoms with E-state index < -0.39 is 11.9 Å². The van der Waals surface area contributed by atoms with Crippen LogP contribution >= 0.6 is 23.2 Å². The van der Waals surface area contributed by atoms with E-state index in [1.165, 1.54) is 61.7 Å². The highest BCUT2D eigenvalue weighted by molar-refractivity contribution is 6.36. The van der Waals surface area contributed by atoms with Crippen molar-refractivity contribution in [2.24, 2.45) is 0 Å². The topological polar surface area (TPSA) is 88.4 Å². The molecule has 0 aromatic heterocycles. The molecule has 0 saturated carbocycles. The van der Waals surface area contributed by atoms with Gasteiger partial charge in [0.2, 0.25) is 0 Å². The van der Waals surface area contributed by atoms with Gasteiger partial charge in [0.25, 0.3) is 5.91 Å². The summed E-state index contributed by atoms with van der Waals surface area (Å²) in [4.78, 5) is 24.2. The molecule has 3 aromatic carbocycles. The molecule has 1 amide bonds. The zero-order valence-corrected chi connectivity index (χ0v) is 19.3. The Bertz CT molecular complexity index is 1280. The van der Waals surface area contributed by atoms with Gasteiger partial charge in [-0.3, -0.25) is 4.79 Å². The number of amides is 1. The molecule has 1 N–H and O–H groups in total. The zero-order valence-electron chi connectivity index (χ0n) is 17.8. The van der Waals surface area contributed by atoms with Gasteiger partial charge in [-0.15, -0.1) is 0 Å². The second-order valence-electron chi connectivity index (χ2n) is 6.91. The largest absolute Gasteiger partial charge is 0.487 e. The maximum Gasteiger partial charge on any atom is 0.337 e. The van der Waals surface area contributed by atoms with Gasteiger partial charge in [-0.25, -0.2) is 9.18 Å². The molecule has 0 bridgehead atoms. The van der Waals surface area contributed by atoms with Crippen molar-refractivity contribution in [3.05, 3.63) is 98.8 Å². The molecule has 0 aliphatic heterocycles. The molecular weight excluding hydrogens is 482 g/mol. The van der Waals surface area contributed by atoms with Crippen LogP contribution in [-0.2, 0) is 16.1 Å². The summed E-state index contributed by atoms with van der Waals surface area (Å²) < 4.78 is 23.6. The highest BCUT2D eigenvalue weighted by Gasteiger charge is 2.15. The molecule has 172 valence electrons. The number of ether oxygens (including phenoxy) is 2. The molecule has 0 radical (unpaired) electrons. The lowest BCUT2D eigenvalue weighted by Crippen LogP contribution is -2.13. The first-order valence-electron chi connectivity index (χ1n) is 9.78. The Balaban J connectivity index is 1.84. The lowest BCUT2D eigenvalue weighted by molar-refractivity contribution is -0.112. The first-order valence-corrected chi connectivity index (χ1v) is 10.5. The van der Waals surface area contributed by atoms with Crippen LogP contribution in [0.25, 0.3) is 6.08 Å². The molecule has 0 aliphatic carbocycles. The highest BCUT2D eigenvalue weighted by atomic mass is 35.5. The molecule has 0 unspecified atom stereocenters. The average Bonchev–Trinajstić information content (AvgIpc) is 2.82. The van der Waals surface area contributed by atoms with E-state index in [1.54, 1.807) is 12.1 Å². The molecule has 9 heteroatoms. The Morgan fingerprint density at radius 1 is 1.09 bits per heavy atom. The van der Waals surface area contributed by atoms with Gasteiger partial charge in [-0.1, -0.05) is 35.3 Å². The number of nitrogens with zero attached hydrogens (tertiary/aromatic N) is 1. The summed E-state index contributed by atoms with van der Waals surface area (Å²) in [5.41, 5.74) is 1.45. The molecule has 0 aliphatic rings. The van der Waals surface area contributed by atoms with E-state index in [1.807, 2.05) is 6.07 Å². The Hall–Kier alpha value is -3.86. The van der Waals surface area contributed by atoms with Crippen molar-refractivity contribution in [3.8, 4) is 11.8 Å². The van der Waals surface area contributed by atoms with Crippen LogP contribution in [0.1, 0.15) is 21.5 Å². The summed E-state index contributed by atoms with van der Waals surface area (Å²) in [6, 6.07) is 16.5. The summed E-state index contributed by atoms with van der Waals surface area (Å²) in [6.45, 7) is 0.0725. The van der Waals surface area contributed by atoms with Gasteiger partial charge in [0.05, 0.1) is 17.7 Å². The van der Waals surface area contributed by atoms with Gasteiger partial charge >= 0.3 is 5.97 Å². The quantitative estimate of drug-likeness (QED) is 0.243. The monoisotopic (exact) mass is 498 g/mol. The predicted octanol–water partition coefficient (Wildman–Crippen LogP) is 6.04. The van der Waals surface area contributed by atoms with Crippen LogP contribution in [0.15, 0.2) is 66.2 Å². The standard InChI is InChI=1S/C25H17Cl2FN2O4/c1-33-25(32)16-4-8-21(9-5-16)30-24(31)18(13-29)10-17-11-19(26)12-22(27)23(17)34-14-15-2-6-20(28)7-3-15/h2-12H,14H2,1H3,(H,30,31)/b18-10+. The summed E-state index contributed by atoms with van der Waals surface area (Å²) in [5.74, 6) is -1.37. The summed E-state index contributed by atoms with van der Waals surface area (Å²) in [7, 11) is 1.27. The maximum atomic E-state index is 13.1. The van der Waals surface area contributed by atoms with Crippen LogP contribution in [-0.4, -0.2) is 19.0 Å². The Kier molecular flexibility index (Phi) is 8.25. The van der Waals surface area contributed by atoms with Crippen molar-refractivity contribution in [1.29, 1.82) is 5.26 Å². The van der Waals surface area contributed by atoms with Crippen LogP contribution in [0.5, 0.6) is 5.75 Å². The number of rotatable bonds is 7. The van der Waals surface area contributed by atoms with Crippen molar-refractivity contribution in [2.45, 2.75) is 6.61 Å². The third kappa shape index (κ3) is 6.35. The van der Waals surface area contributed by atoms with E-state index in [-0.39, 0.29) is 33.8 Å². The third-order valence-electron chi connectivity index (χ3n) is 4.56. The third-order valence-corrected chi connectivity index (χ3v) is 5.06. The molecule has 3 aromatic rings. The van der Waals surface area contributed by atoms with Gasteiger partial charge < -0.3 is 14.8 Å². The number of hydrogen-bond acceptors (Lipinski definition) is 5. The van der Waals surface area contributed by atoms with Crippen molar-refractivity contribution >= 4 is 46.8 Å². The fraction of sp³-hybridized carbons (Fsp3) is 0.0800. The maximum absolute atomic E-state index is 13.1. The second kappa shape index (κ2) is 11.3. The molecule has 34 heavy (non-hydrogen) atoms. The van der Waals surface area contributed by atoms with Crippen molar-refractivity contribution in [1.82, 2.24) is 0 Å². The number of halogens is 3. The number of methoxy groups -OCH3 is 1. The average molecular weight is 499 g/mol. The minimum atomic E-state index is -0.686. The fourth-order valence-electron chi connectivity index (χ4n) is 2.89. The lowest BCUT2D eigenvalue weighted by Gasteiger charge is -2.13. The number of carbonyl (C=O) groups is 2. The Morgan fingerprint density at radius 3 is 2.38 bits per heavy atom. The molecule has 0 atom stereocenters. The molecular formula is C25H17Cl2FN2O4. The number of nitriles is 1. The minimum Gasteiger partial charge on any atom is -0.487 e. The van der Waals surface area contributed by atoms with Crippen LogP contribution in [0, 0.1) is 17.1 Å². The first-order chi connectivity index (χ1) is 16.3. The van der Waals surface area contributed by atoms with E-state index >= 15 is 0 Å². The molecule has 0 fully saturated rings. The van der Waals surface area contributed by atoms with E-state index in [0.29, 0.717) is 22.4 Å². The lowest BCUT2D eigenvalue weighted by atomic mass is 10.1. The smallest absolute Gasteiger partial charge is 0.337 e. The van der Waals surface area contributed by atoms with Gasteiger partial charge in [-0.2, -0.15) is 5.26 Å². The van der Waals surface area contributed by atoms with Gasteiger partial charge in [0.1, 0.15) is 29.8 Å². The van der Waals surface area contributed by atoms with Crippen molar-refractivity contribution in [3.63, 3.8) is 0 Å². The first kappa shape index (κ1) is 24.8. The van der Waals surface area contributed by atoms with Crippen molar-refractivity contribution < 1.29 is 23.5 Å². The summed E-state index contributed by atoms with van der Waals surface area (Å²) >= 11 is 12.4. The predicted molar refractivity (Wildman–Crippen MR) is 127 cm³/mol. The van der Waals surface area contributed by atoms with Gasteiger partial charge in [0.15, 0.2) is 0 Å². The number of anilines is 1. The molecule has 3 rings (SSSR count). The second-order valence-corrected chi connectivity index (χ2v) is 7.76. The Morgan fingerprint density at radius 2 is 1.76 bits per heavy atom. The number of carbonyl (C=O) groups excluding carboxylic acids is 2. The van der Waals surface area contributed by atoms with E-state index in [9.17, 15) is 19.2 Å². The fourth-order valence-corrected chi connectivity index (χ4v) is 3.45. The molecule has 0 heterocycles. The summed E-state index contributed by atoms with van der Waals surface area (Å²) in [5, 5.41) is 12.6. The van der Waals surface area contributed by atoms with Crippen LogP contribution in [0.2, 0.25) is 10.0 Å². The van der Waals surface area contributed by atoms with E-state index in [2.05, 4.69) is 10.1 Å².